The zero-order valence-corrected chi connectivity index (χ0v) is 9.20. The fourth-order valence-corrected chi connectivity index (χ4v) is 1.09. The summed E-state index contributed by atoms with van der Waals surface area (Å²) in [5.74, 6) is -0.234. The molecule has 15 heavy (non-hydrogen) atoms. The van der Waals surface area contributed by atoms with Gasteiger partial charge in [-0.05, 0) is 25.1 Å². The molecular weight excluding hydrogens is 214 g/mol. The number of carbonyl (C=O) groups excluding carboxylic acids is 1. The predicted molar refractivity (Wildman–Crippen MR) is 59.5 cm³/mol. The molecule has 1 aromatic heterocycles. The number of aromatic nitrogens is 1. The van der Waals surface area contributed by atoms with E-state index in [9.17, 15) is 4.79 Å². The third kappa shape index (κ3) is 4.61. The van der Waals surface area contributed by atoms with Gasteiger partial charge in [0, 0.05) is 6.20 Å². The second-order valence-electron chi connectivity index (χ2n) is 2.81. The third-order valence-corrected chi connectivity index (χ3v) is 1.85. The summed E-state index contributed by atoms with van der Waals surface area (Å²) < 4.78 is 4.77. The molecule has 80 valence electrons. The maximum absolute atomic E-state index is 11.0. The average molecular weight is 226 g/mol. The highest BCUT2D eigenvalue weighted by molar-refractivity contribution is 6.30. The molecule has 0 bridgehead atoms. The highest BCUT2D eigenvalue weighted by Gasteiger charge is 1.96. The topological polar surface area (TPSA) is 39.2 Å². The molecule has 4 heteroatoms. The molecule has 1 rings (SSSR count). The lowest BCUT2D eigenvalue weighted by Crippen LogP contribution is -2.01. The van der Waals surface area contributed by atoms with Crippen molar-refractivity contribution in [1.29, 1.82) is 0 Å². The molecule has 1 heterocycles. The first-order valence-electron chi connectivity index (χ1n) is 4.66. The van der Waals surface area contributed by atoms with E-state index in [1.807, 2.05) is 0 Å². The summed E-state index contributed by atoms with van der Waals surface area (Å²) in [4.78, 5) is 15.0. The van der Waals surface area contributed by atoms with E-state index in [4.69, 9.17) is 16.3 Å². The van der Waals surface area contributed by atoms with Gasteiger partial charge in [-0.1, -0.05) is 17.7 Å². The van der Waals surface area contributed by atoms with Gasteiger partial charge in [0.2, 0.25) is 0 Å². The fraction of sp³-hybridized carbons (Fsp3) is 0.273. The lowest BCUT2D eigenvalue weighted by Gasteiger charge is -1.96. The highest BCUT2D eigenvalue weighted by atomic mass is 35.5. The number of nitrogens with zero attached hydrogens (tertiary/aromatic N) is 1. The van der Waals surface area contributed by atoms with Crippen LogP contribution in [0.1, 0.15) is 19.0 Å². The Morgan fingerprint density at radius 2 is 2.40 bits per heavy atom. The van der Waals surface area contributed by atoms with Gasteiger partial charge in [0.25, 0.3) is 0 Å². The Balaban J connectivity index is 2.44. The van der Waals surface area contributed by atoms with Crippen LogP contribution in [0.4, 0.5) is 0 Å². The second-order valence-corrected chi connectivity index (χ2v) is 3.25. The molecule has 0 atom stereocenters. The largest absolute Gasteiger partial charge is 0.466 e. The monoisotopic (exact) mass is 225 g/mol. The zero-order chi connectivity index (χ0) is 11.1. The lowest BCUT2D eigenvalue weighted by molar-refractivity contribution is -0.142. The molecule has 0 N–H and O–H groups in total. The first-order chi connectivity index (χ1) is 7.22. The molecule has 0 aliphatic heterocycles. The number of hydrogen-bond acceptors (Lipinski definition) is 3. The quantitative estimate of drug-likeness (QED) is 0.740. The van der Waals surface area contributed by atoms with Crippen molar-refractivity contribution in [3.8, 4) is 0 Å². The summed E-state index contributed by atoms with van der Waals surface area (Å²) in [7, 11) is 0. The minimum atomic E-state index is -0.234. The van der Waals surface area contributed by atoms with E-state index < -0.39 is 0 Å². The summed E-state index contributed by atoms with van der Waals surface area (Å²) in [6, 6.07) is 3.53. The van der Waals surface area contributed by atoms with E-state index in [1.165, 1.54) is 0 Å². The van der Waals surface area contributed by atoms with E-state index in [0.717, 1.165) is 5.69 Å². The number of halogens is 1. The minimum Gasteiger partial charge on any atom is -0.466 e. The summed E-state index contributed by atoms with van der Waals surface area (Å²) in [5, 5.41) is 0.595. The molecular formula is C11H12ClNO2. The Kier molecular flexibility index (Phi) is 4.84. The first-order valence-corrected chi connectivity index (χ1v) is 5.04. The van der Waals surface area contributed by atoms with Gasteiger partial charge in [0.05, 0.1) is 23.7 Å². The molecule has 1 aromatic rings. The number of hydrogen-bond donors (Lipinski definition) is 0. The van der Waals surface area contributed by atoms with Crippen LogP contribution in [0.2, 0.25) is 5.02 Å². The lowest BCUT2D eigenvalue weighted by atomic mass is 10.3. The van der Waals surface area contributed by atoms with Crippen molar-refractivity contribution >= 4 is 23.6 Å². The first kappa shape index (κ1) is 11.7. The average Bonchev–Trinajstić information content (AvgIpc) is 2.21. The normalized spacial score (nSPS) is 10.5. The molecule has 0 fully saturated rings. The molecule has 0 spiro atoms. The van der Waals surface area contributed by atoms with Crippen LogP contribution in [0, 0.1) is 0 Å². The van der Waals surface area contributed by atoms with Crippen LogP contribution in [0.15, 0.2) is 24.4 Å². The van der Waals surface area contributed by atoms with Gasteiger partial charge in [0.15, 0.2) is 0 Å². The van der Waals surface area contributed by atoms with Crippen LogP contribution < -0.4 is 0 Å². The van der Waals surface area contributed by atoms with E-state index in [2.05, 4.69) is 4.98 Å². The molecule has 0 unspecified atom stereocenters. The Labute approximate surface area is 93.7 Å². The number of rotatable bonds is 4. The summed E-state index contributed by atoms with van der Waals surface area (Å²) in [6.07, 6.45) is 5.30. The van der Waals surface area contributed by atoms with Crippen LogP contribution in [-0.4, -0.2) is 17.6 Å². The van der Waals surface area contributed by atoms with Crippen LogP contribution >= 0.6 is 11.6 Å². The van der Waals surface area contributed by atoms with Crippen molar-refractivity contribution in [3.63, 3.8) is 0 Å². The van der Waals surface area contributed by atoms with Gasteiger partial charge in [0.1, 0.15) is 0 Å². The van der Waals surface area contributed by atoms with Gasteiger partial charge < -0.3 is 4.74 Å². The van der Waals surface area contributed by atoms with E-state index in [-0.39, 0.29) is 12.4 Å². The molecule has 0 aliphatic carbocycles. The number of carbonyl (C=O) groups is 1. The molecule has 0 radical (unpaired) electrons. The van der Waals surface area contributed by atoms with Gasteiger partial charge in [-0.15, -0.1) is 0 Å². The van der Waals surface area contributed by atoms with E-state index in [0.29, 0.717) is 11.6 Å². The smallest absolute Gasteiger partial charge is 0.309 e. The molecule has 3 nitrogen and oxygen atoms in total. The molecule has 0 saturated carbocycles. The van der Waals surface area contributed by atoms with Crippen molar-refractivity contribution in [2.45, 2.75) is 13.3 Å². The van der Waals surface area contributed by atoms with Crippen LogP contribution in [0.25, 0.3) is 6.08 Å². The summed E-state index contributed by atoms with van der Waals surface area (Å²) in [5.41, 5.74) is 0.767. The van der Waals surface area contributed by atoms with Crippen LogP contribution in [0.5, 0.6) is 0 Å². The van der Waals surface area contributed by atoms with Gasteiger partial charge >= 0.3 is 5.97 Å². The number of esters is 1. The minimum absolute atomic E-state index is 0.234. The van der Waals surface area contributed by atoms with Crippen LogP contribution in [-0.2, 0) is 9.53 Å². The van der Waals surface area contributed by atoms with Crippen molar-refractivity contribution in [1.82, 2.24) is 4.98 Å². The van der Waals surface area contributed by atoms with Crippen molar-refractivity contribution < 1.29 is 9.53 Å². The standard InChI is InChI=1S/C11H12ClNO2/c1-2-15-11(14)5-3-4-10-7-6-9(12)8-13-10/h3-4,6-8H,2,5H2,1H3. The fourth-order valence-electron chi connectivity index (χ4n) is 0.982. The molecule has 0 amide bonds. The van der Waals surface area contributed by atoms with Gasteiger partial charge in [-0.2, -0.15) is 0 Å². The molecule has 0 aliphatic rings. The number of pyridine rings is 1. The molecule has 0 saturated heterocycles. The SMILES string of the molecule is CCOC(=O)CC=Cc1ccc(Cl)cn1. The van der Waals surface area contributed by atoms with Crippen molar-refractivity contribution in [3.05, 3.63) is 35.1 Å². The third-order valence-electron chi connectivity index (χ3n) is 1.63. The van der Waals surface area contributed by atoms with Crippen molar-refractivity contribution in [2.24, 2.45) is 0 Å². The number of ether oxygens (including phenoxy) is 1. The second kappa shape index (κ2) is 6.19. The summed E-state index contributed by atoms with van der Waals surface area (Å²) in [6.45, 7) is 2.19. The van der Waals surface area contributed by atoms with Gasteiger partial charge in [-0.25, -0.2) is 0 Å². The predicted octanol–water partition coefficient (Wildman–Crippen LogP) is 2.70. The Morgan fingerprint density at radius 3 is 3.00 bits per heavy atom. The van der Waals surface area contributed by atoms with E-state index >= 15 is 0 Å². The summed E-state index contributed by atoms with van der Waals surface area (Å²) >= 11 is 5.68. The Hall–Kier alpha value is -1.35. The van der Waals surface area contributed by atoms with Crippen molar-refractivity contribution in [2.75, 3.05) is 6.61 Å². The van der Waals surface area contributed by atoms with Gasteiger partial charge in [-0.3, -0.25) is 9.78 Å². The maximum atomic E-state index is 11.0. The molecule has 0 aromatic carbocycles. The Bertz CT molecular complexity index is 346. The zero-order valence-electron chi connectivity index (χ0n) is 8.44. The van der Waals surface area contributed by atoms with Crippen LogP contribution in [0.3, 0.4) is 0 Å². The highest BCUT2D eigenvalue weighted by Crippen LogP contribution is 2.07. The maximum Gasteiger partial charge on any atom is 0.309 e. The van der Waals surface area contributed by atoms with E-state index in [1.54, 1.807) is 37.4 Å². The Morgan fingerprint density at radius 1 is 1.60 bits per heavy atom.